The fourth-order valence-electron chi connectivity index (χ4n) is 3.80. The van der Waals surface area contributed by atoms with Gasteiger partial charge in [-0.05, 0) is 48.1 Å². The second-order valence-electron chi connectivity index (χ2n) is 7.99. The first-order valence-corrected chi connectivity index (χ1v) is 12.4. The molecule has 0 aromatic heterocycles. The summed E-state index contributed by atoms with van der Waals surface area (Å²) in [4.78, 5) is 12.6. The van der Waals surface area contributed by atoms with E-state index >= 15 is 0 Å². The predicted molar refractivity (Wildman–Crippen MR) is 121 cm³/mol. The molecule has 0 aliphatic carbocycles. The van der Waals surface area contributed by atoms with Crippen molar-refractivity contribution >= 4 is 15.9 Å². The van der Waals surface area contributed by atoms with Crippen molar-refractivity contribution in [2.45, 2.75) is 56.6 Å². The Balaban J connectivity index is 1.49. The number of benzene rings is 2. The summed E-state index contributed by atoms with van der Waals surface area (Å²) in [6.07, 6.45) is 4.94. The van der Waals surface area contributed by atoms with E-state index < -0.39 is 10.0 Å². The van der Waals surface area contributed by atoms with Crippen LogP contribution in [0.4, 0.5) is 0 Å². The molecule has 1 heterocycles. The van der Waals surface area contributed by atoms with Gasteiger partial charge in [-0.1, -0.05) is 49.2 Å². The molecule has 0 atom stereocenters. The van der Waals surface area contributed by atoms with Crippen molar-refractivity contribution in [1.29, 1.82) is 0 Å². The maximum absolute atomic E-state index is 12.9. The third-order valence-corrected chi connectivity index (χ3v) is 7.47. The molecular formula is C24H32N2O4S. The number of hydrogen-bond acceptors (Lipinski definition) is 4. The molecule has 31 heavy (non-hydrogen) atoms. The van der Waals surface area contributed by atoms with Crippen molar-refractivity contribution in [3.8, 4) is 0 Å². The topological polar surface area (TPSA) is 75.7 Å². The molecule has 0 saturated carbocycles. The molecule has 0 spiro atoms. The predicted octanol–water partition coefficient (Wildman–Crippen LogP) is 3.65. The number of rotatable bonds is 9. The van der Waals surface area contributed by atoms with Gasteiger partial charge in [0.05, 0.1) is 11.5 Å². The molecule has 1 saturated heterocycles. The van der Waals surface area contributed by atoms with Crippen LogP contribution in [0.25, 0.3) is 0 Å². The highest BCUT2D eigenvalue weighted by Gasteiger charge is 2.24. The number of nitrogens with one attached hydrogen (secondary N) is 1. The van der Waals surface area contributed by atoms with Crippen molar-refractivity contribution in [3.05, 3.63) is 65.2 Å². The van der Waals surface area contributed by atoms with Crippen molar-refractivity contribution < 1.29 is 17.9 Å². The Kier molecular flexibility index (Phi) is 8.63. The fourth-order valence-corrected chi connectivity index (χ4v) is 5.32. The standard InChI is InChI=1S/C24H32N2O4S/c1-30-19-22-8-6-7-21(17-22)18-25-24(27)14-11-20-9-12-23(13-10-20)31(28,29)26-15-4-2-3-5-16-26/h6-10,12-13,17H,2-5,11,14-16,18-19H2,1H3,(H,25,27). The number of carbonyl (C=O) groups is 1. The molecule has 1 N–H and O–H groups in total. The minimum atomic E-state index is -3.44. The molecule has 2 aromatic rings. The van der Waals surface area contributed by atoms with Crippen molar-refractivity contribution in [2.24, 2.45) is 0 Å². The smallest absolute Gasteiger partial charge is 0.243 e. The average molecular weight is 445 g/mol. The summed E-state index contributed by atoms with van der Waals surface area (Å²) < 4.78 is 32.5. The monoisotopic (exact) mass is 444 g/mol. The second-order valence-corrected chi connectivity index (χ2v) is 9.93. The van der Waals surface area contributed by atoms with Gasteiger partial charge in [-0.2, -0.15) is 4.31 Å². The van der Waals surface area contributed by atoms with E-state index in [-0.39, 0.29) is 5.91 Å². The number of sulfonamides is 1. The summed E-state index contributed by atoms with van der Waals surface area (Å²) >= 11 is 0. The summed E-state index contributed by atoms with van der Waals surface area (Å²) in [6.45, 7) is 2.21. The number of amides is 1. The van der Waals surface area contributed by atoms with Crippen LogP contribution in [0.15, 0.2) is 53.4 Å². The number of carbonyl (C=O) groups excluding carboxylic acids is 1. The van der Waals surface area contributed by atoms with E-state index in [4.69, 9.17) is 4.74 Å². The molecule has 0 bridgehead atoms. The molecule has 1 amide bonds. The second kappa shape index (κ2) is 11.4. The third-order valence-electron chi connectivity index (χ3n) is 5.56. The SMILES string of the molecule is COCc1cccc(CNC(=O)CCc2ccc(S(=O)(=O)N3CCCCCC3)cc2)c1. The Morgan fingerprint density at radius 2 is 1.65 bits per heavy atom. The lowest BCUT2D eigenvalue weighted by Crippen LogP contribution is -2.31. The van der Waals surface area contributed by atoms with E-state index in [1.807, 2.05) is 36.4 Å². The Labute approximate surface area is 185 Å². The molecule has 6 nitrogen and oxygen atoms in total. The third kappa shape index (κ3) is 6.89. The number of ether oxygens (including phenoxy) is 1. The van der Waals surface area contributed by atoms with Gasteiger partial charge in [0.2, 0.25) is 15.9 Å². The summed E-state index contributed by atoms with van der Waals surface area (Å²) in [5, 5.41) is 2.94. The Hall–Kier alpha value is -2.22. The summed E-state index contributed by atoms with van der Waals surface area (Å²) in [5.74, 6) is -0.0293. The lowest BCUT2D eigenvalue weighted by Gasteiger charge is -2.20. The number of nitrogens with zero attached hydrogens (tertiary/aromatic N) is 1. The zero-order valence-electron chi connectivity index (χ0n) is 18.2. The zero-order chi connectivity index (χ0) is 22.1. The Morgan fingerprint density at radius 3 is 2.32 bits per heavy atom. The van der Waals surface area contributed by atoms with Crippen LogP contribution in [0.2, 0.25) is 0 Å². The highest BCUT2D eigenvalue weighted by atomic mass is 32.2. The molecule has 168 valence electrons. The van der Waals surface area contributed by atoms with Crippen LogP contribution in [0, 0.1) is 0 Å². The van der Waals surface area contributed by atoms with Crippen LogP contribution >= 0.6 is 0 Å². The molecule has 1 fully saturated rings. The molecule has 0 radical (unpaired) electrons. The van der Waals surface area contributed by atoms with Crippen molar-refractivity contribution in [2.75, 3.05) is 20.2 Å². The van der Waals surface area contributed by atoms with Crippen LogP contribution < -0.4 is 5.32 Å². The fraction of sp³-hybridized carbons (Fsp3) is 0.458. The summed E-state index contributed by atoms with van der Waals surface area (Å²) in [6, 6.07) is 14.9. The van der Waals surface area contributed by atoms with Gasteiger partial charge < -0.3 is 10.1 Å². The normalized spacial score (nSPS) is 15.4. The molecule has 7 heteroatoms. The first kappa shape index (κ1) is 23.4. The van der Waals surface area contributed by atoms with E-state index in [2.05, 4.69) is 5.32 Å². The van der Waals surface area contributed by atoms with Crippen molar-refractivity contribution in [1.82, 2.24) is 9.62 Å². The minimum absolute atomic E-state index is 0.0293. The minimum Gasteiger partial charge on any atom is -0.380 e. The molecule has 0 unspecified atom stereocenters. The van der Waals surface area contributed by atoms with E-state index in [0.29, 0.717) is 44.0 Å². The van der Waals surface area contributed by atoms with Crippen LogP contribution in [0.3, 0.4) is 0 Å². The molecule has 3 rings (SSSR count). The van der Waals surface area contributed by atoms with Gasteiger partial charge in [-0.15, -0.1) is 0 Å². The van der Waals surface area contributed by atoms with E-state index in [1.165, 1.54) is 0 Å². The lowest BCUT2D eigenvalue weighted by molar-refractivity contribution is -0.121. The number of hydrogen-bond donors (Lipinski definition) is 1. The molecule has 1 aliphatic rings. The van der Waals surface area contributed by atoms with Crippen LogP contribution in [0.1, 0.15) is 48.8 Å². The maximum Gasteiger partial charge on any atom is 0.243 e. The molecule has 2 aromatic carbocycles. The van der Waals surface area contributed by atoms with Crippen LogP contribution in [-0.4, -0.2) is 38.8 Å². The first-order chi connectivity index (χ1) is 15.0. The van der Waals surface area contributed by atoms with Gasteiger partial charge in [0.15, 0.2) is 0 Å². The van der Waals surface area contributed by atoms with Gasteiger partial charge in [0, 0.05) is 33.2 Å². The van der Waals surface area contributed by atoms with E-state index in [1.54, 1.807) is 23.5 Å². The highest BCUT2D eigenvalue weighted by Crippen LogP contribution is 2.21. The number of methoxy groups -OCH3 is 1. The van der Waals surface area contributed by atoms with E-state index in [0.717, 1.165) is 42.4 Å². The average Bonchev–Trinajstić information content (AvgIpc) is 3.07. The van der Waals surface area contributed by atoms with Crippen LogP contribution in [0.5, 0.6) is 0 Å². The Morgan fingerprint density at radius 1 is 0.968 bits per heavy atom. The largest absolute Gasteiger partial charge is 0.380 e. The molecular weight excluding hydrogens is 412 g/mol. The van der Waals surface area contributed by atoms with Gasteiger partial charge >= 0.3 is 0 Å². The Bertz CT molecular complexity index is 950. The zero-order valence-corrected chi connectivity index (χ0v) is 19.0. The van der Waals surface area contributed by atoms with Crippen LogP contribution in [-0.2, 0) is 39.1 Å². The first-order valence-electron chi connectivity index (χ1n) is 10.9. The maximum atomic E-state index is 12.9. The highest BCUT2D eigenvalue weighted by molar-refractivity contribution is 7.89. The van der Waals surface area contributed by atoms with E-state index in [9.17, 15) is 13.2 Å². The van der Waals surface area contributed by atoms with Crippen molar-refractivity contribution in [3.63, 3.8) is 0 Å². The van der Waals surface area contributed by atoms with Gasteiger partial charge in [-0.3, -0.25) is 4.79 Å². The lowest BCUT2D eigenvalue weighted by atomic mass is 10.1. The quantitative estimate of drug-likeness (QED) is 0.641. The van der Waals surface area contributed by atoms with Gasteiger partial charge in [-0.25, -0.2) is 8.42 Å². The van der Waals surface area contributed by atoms with Gasteiger partial charge in [0.1, 0.15) is 0 Å². The summed E-state index contributed by atoms with van der Waals surface area (Å²) in [5.41, 5.74) is 3.06. The number of aryl methyl sites for hydroxylation is 1. The summed E-state index contributed by atoms with van der Waals surface area (Å²) in [7, 11) is -1.78. The molecule has 1 aliphatic heterocycles. The van der Waals surface area contributed by atoms with Gasteiger partial charge in [0.25, 0.3) is 0 Å².